The number of carbonyl (C=O) groups excluding carboxylic acids is 2. The van der Waals surface area contributed by atoms with Gasteiger partial charge in [-0.1, -0.05) is 22.6 Å². The molecule has 0 unspecified atom stereocenters. The topological polar surface area (TPSA) is 138 Å². The molecule has 2 aromatic carbocycles. The highest BCUT2D eigenvalue weighted by Crippen LogP contribution is 2.25. The van der Waals surface area contributed by atoms with E-state index in [0.29, 0.717) is 38.4 Å². The summed E-state index contributed by atoms with van der Waals surface area (Å²) in [7, 11) is 0. The highest BCUT2D eigenvalue weighted by Gasteiger charge is 2.31. The number of nitrogens with one attached hydrogen (secondary N) is 2. The first-order valence-electron chi connectivity index (χ1n) is 13.3. The number of aryl methyl sites for hydroxylation is 2. The lowest BCUT2D eigenvalue weighted by Gasteiger charge is -2.13. The molecular formula is C27H26F6N8O4. The van der Waals surface area contributed by atoms with Gasteiger partial charge in [-0.15, -0.1) is 23.4 Å². The fourth-order valence-corrected chi connectivity index (χ4v) is 3.97. The van der Waals surface area contributed by atoms with Gasteiger partial charge in [-0.3, -0.25) is 19.0 Å². The van der Waals surface area contributed by atoms with E-state index in [-0.39, 0.29) is 29.4 Å². The third-order valence-corrected chi connectivity index (χ3v) is 5.85. The number of benzene rings is 2. The van der Waals surface area contributed by atoms with Gasteiger partial charge in [0.15, 0.2) is 11.5 Å². The van der Waals surface area contributed by atoms with Crippen molar-refractivity contribution in [3.8, 4) is 11.5 Å². The first kappa shape index (κ1) is 32.7. The summed E-state index contributed by atoms with van der Waals surface area (Å²) in [6, 6.07) is 8.31. The Bertz CT molecular complexity index is 1620. The van der Waals surface area contributed by atoms with Crippen molar-refractivity contribution in [1.82, 2.24) is 35.3 Å². The molecule has 240 valence electrons. The van der Waals surface area contributed by atoms with E-state index < -0.39 is 42.3 Å². The molecule has 2 amide bonds. The third kappa shape index (κ3) is 10.8. The Morgan fingerprint density at radius 2 is 1.58 bits per heavy atom. The molecular weight excluding hydrogens is 614 g/mol. The molecule has 0 saturated heterocycles. The maximum atomic E-state index is 14.0. The van der Waals surface area contributed by atoms with E-state index in [9.17, 15) is 35.9 Å². The quantitative estimate of drug-likeness (QED) is 0.152. The van der Waals surface area contributed by atoms with Gasteiger partial charge < -0.3 is 20.1 Å². The molecule has 0 saturated carbocycles. The standard InChI is InChI=1S/C27H26F6N8O4/c1-26(29,30)44-19-6-4-5-17(11-19)14-34-25(43)22-15-40(38-36-22)9-2-3-10-41-16-23(37-39-41)35-24(42)13-18-12-20(7-8-21(18)28)45-27(31,32)33/h4-8,11-12,15-16H,2-3,9-10,13-14H2,1H3,(H,34,43)(H,35,42). The number of nitrogens with zero attached hydrogens (tertiary/aromatic N) is 6. The molecule has 18 heteroatoms. The van der Waals surface area contributed by atoms with Gasteiger partial charge in [0.2, 0.25) is 5.91 Å². The minimum atomic E-state index is -4.96. The van der Waals surface area contributed by atoms with Crippen molar-refractivity contribution in [2.75, 3.05) is 5.32 Å². The predicted octanol–water partition coefficient (Wildman–Crippen LogP) is 4.49. The van der Waals surface area contributed by atoms with Crippen molar-refractivity contribution in [2.45, 2.75) is 58.3 Å². The normalized spacial score (nSPS) is 11.7. The van der Waals surface area contributed by atoms with Gasteiger partial charge in [0.25, 0.3) is 5.91 Å². The molecule has 4 rings (SSSR count). The van der Waals surface area contributed by atoms with E-state index in [1.165, 1.54) is 40.0 Å². The van der Waals surface area contributed by atoms with Crippen molar-refractivity contribution in [1.29, 1.82) is 0 Å². The Morgan fingerprint density at radius 1 is 0.889 bits per heavy atom. The van der Waals surface area contributed by atoms with Crippen molar-refractivity contribution >= 4 is 17.6 Å². The van der Waals surface area contributed by atoms with Crippen LogP contribution in [-0.2, 0) is 30.8 Å². The number of amides is 2. The second-order valence-electron chi connectivity index (χ2n) is 9.71. The molecule has 0 radical (unpaired) electrons. The van der Waals surface area contributed by atoms with Gasteiger partial charge >= 0.3 is 12.5 Å². The number of carbonyl (C=O) groups is 2. The fraction of sp³-hybridized carbons (Fsp3) is 0.333. The zero-order valence-corrected chi connectivity index (χ0v) is 23.5. The van der Waals surface area contributed by atoms with Crippen LogP contribution < -0.4 is 20.1 Å². The SMILES string of the molecule is CC(F)(F)Oc1cccc(CNC(=O)c2cn(CCCCn3cc(NC(=O)Cc4cc(OC(F)(F)F)ccc4F)nn3)nn2)c1. The van der Waals surface area contributed by atoms with Gasteiger partial charge in [0.05, 0.1) is 18.8 Å². The van der Waals surface area contributed by atoms with E-state index >= 15 is 0 Å². The largest absolute Gasteiger partial charge is 0.573 e. The van der Waals surface area contributed by atoms with Crippen LogP contribution in [0.15, 0.2) is 54.9 Å². The summed E-state index contributed by atoms with van der Waals surface area (Å²) < 4.78 is 88.6. The summed E-state index contributed by atoms with van der Waals surface area (Å²) in [5.74, 6) is -2.72. The molecule has 0 fully saturated rings. The van der Waals surface area contributed by atoms with E-state index in [1.807, 2.05) is 0 Å². The van der Waals surface area contributed by atoms with Crippen LogP contribution in [0.4, 0.5) is 32.2 Å². The summed E-state index contributed by atoms with van der Waals surface area (Å²) in [6.45, 7) is 1.51. The molecule has 0 aliphatic carbocycles. The van der Waals surface area contributed by atoms with Gasteiger partial charge in [0.1, 0.15) is 17.3 Å². The molecule has 0 bridgehead atoms. The van der Waals surface area contributed by atoms with E-state index in [1.54, 1.807) is 6.07 Å². The fourth-order valence-electron chi connectivity index (χ4n) is 3.97. The molecule has 4 aromatic rings. The molecule has 2 N–H and O–H groups in total. The predicted molar refractivity (Wildman–Crippen MR) is 144 cm³/mol. The lowest BCUT2D eigenvalue weighted by atomic mass is 10.1. The van der Waals surface area contributed by atoms with E-state index in [4.69, 9.17) is 0 Å². The summed E-state index contributed by atoms with van der Waals surface area (Å²) >= 11 is 0. The molecule has 45 heavy (non-hydrogen) atoms. The van der Waals surface area contributed by atoms with Crippen molar-refractivity contribution < 1.29 is 45.4 Å². The maximum Gasteiger partial charge on any atom is 0.573 e. The van der Waals surface area contributed by atoms with Crippen LogP contribution in [0.5, 0.6) is 11.5 Å². The molecule has 12 nitrogen and oxygen atoms in total. The minimum absolute atomic E-state index is 0.0354. The molecule has 0 aliphatic rings. The Labute approximate surface area is 251 Å². The Hall–Kier alpha value is -5.16. The second-order valence-corrected chi connectivity index (χ2v) is 9.71. The average Bonchev–Trinajstić information content (AvgIpc) is 3.60. The zero-order valence-electron chi connectivity index (χ0n) is 23.5. The first-order chi connectivity index (χ1) is 21.2. The highest BCUT2D eigenvalue weighted by atomic mass is 19.4. The number of rotatable bonds is 14. The number of hydrogen-bond acceptors (Lipinski definition) is 8. The number of alkyl halides is 5. The Kier molecular flexibility index (Phi) is 10.2. The van der Waals surface area contributed by atoms with Crippen LogP contribution in [0.1, 0.15) is 41.4 Å². The van der Waals surface area contributed by atoms with Crippen LogP contribution in [0.2, 0.25) is 0 Å². The molecule has 0 atom stereocenters. The van der Waals surface area contributed by atoms with Crippen LogP contribution in [0.3, 0.4) is 0 Å². The molecule has 2 heterocycles. The van der Waals surface area contributed by atoms with Gasteiger partial charge in [-0.2, -0.15) is 8.78 Å². The minimum Gasteiger partial charge on any atom is -0.433 e. The van der Waals surface area contributed by atoms with Crippen molar-refractivity contribution in [2.24, 2.45) is 0 Å². The second kappa shape index (κ2) is 14.1. The Morgan fingerprint density at radius 3 is 2.29 bits per heavy atom. The monoisotopic (exact) mass is 640 g/mol. The van der Waals surface area contributed by atoms with Crippen molar-refractivity contribution in [3.63, 3.8) is 0 Å². The number of halogens is 6. The summed E-state index contributed by atoms with van der Waals surface area (Å²) in [5, 5.41) is 20.5. The number of unbranched alkanes of at least 4 members (excludes halogenated alkanes) is 1. The van der Waals surface area contributed by atoms with Gasteiger partial charge in [-0.25, -0.2) is 4.39 Å². The zero-order chi connectivity index (χ0) is 32.6. The summed E-state index contributed by atoms with van der Waals surface area (Å²) in [4.78, 5) is 24.7. The van der Waals surface area contributed by atoms with Crippen molar-refractivity contribution in [3.05, 3.63) is 77.5 Å². The van der Waals surface area contributed by atoms with Gasteiger partial charge in [-0.05, 0) is 48.7 Å². The van der Waals surface area contributed by atoms with Crippen LogP contribution >= 0.6 is 0 Å². The lowest BCUT2D eigenvalue weighted by molar-refractivity contribution is -0.274. The number of ether oxygens (including phenoxy) is 2. The number of hydrogen-bond donors (Lipinski definition) is 2. The average molecular weight is 641 g/mol. The maximum absolute atomic E-state index is 14.0. The lowest BCUT2D eigenvalue weighted by Crippen LogP contribution is -2.23. The van der Waals surface area contributed by atoms with E-state index in [2.05, 4.69) is 40.7 Å². The molecule has 0 aliphatic heterocycles. The van der Waals surface area contributed by atoms with E-state index in [0.717, 1.165) is 18.2 Å². The van der Waals surface area contributed by atoms with Crippen LogP contribution in [0.25, 0.3) is 0 Å². The van der Waals surface area contributed by atoms with Crippen LogP contribution in [-0.4, -0.2) is 54.3 Å². The van der Waals surface area contributed by atoms with Crippen LogP contribution in [0, 0.1) is 5.82 Å². The molecule has 2 aromatic heterocycles. The third-order valence-electron chi connectivity index (χ3n) is 5.85. The summed E-state index contributed by atoms with van der Waals surface area (Å²) in [5.41, 5.74) is 0.322. The first-order valence-corrected chi connectivity index (χ1v) is 13.3. The highest BCUT2D eigenvalue weighted by molar-refractivity contribution is 5.92. The molecule has 0 spiro atoms. The number of aromatic nitrogens is 6. The summed E-state index contributed by atoms with van der Waals surface area (Å²) in [6.07, 6.45) is -4.75. The van der Waals surface area contributed by atoms with Gasteiger partial charge in [0, 0.05) is 32.1 Å². The number of anilines is 1. The Balaban J connectivity index is 1.18. The smallest absolute Gasteiger partial charge is 0.433 e.